The Bertz CT molecular complexity index is 577. The summed E-state index contributed by atoms with van der Waals surface area (Å²) in [5.41, 5.74) is 0. The minimum absolute atomic E-state index is 0.0666. The van der Waals surface area contributed by atoms with E-state index in [0.29, 0.717) is 38.0 Å². The molecule has 2 aliphatic heterocycles. The fourth-order valence-electron chi connectivity index (χ4n) is 4.03. The Morgan fingerprint density at radius 1 is 1.23 bits per heavy atom. The molecule has 4 aliphatic rings. The maximum atomic E-state index is 12.5. The van der Waals surface area contributed by atoms with Crippen LogP contribution in [0.15, 0.2) is 0 Å². The molecule has 4 fully saturated rings. The maximum absolute atomic E-state index is 12.5. The molecule has 2 saturated carbocycles. The summed E-state index contributed by atoms with van der Waals surface area (Å²) in [5.74, 6) is 1.80. The SMILES string of the molecule is C[C@@H]1C[C@@H]1C(=O)N1CC2(C1)[C@H](COCC1CC1)CCS2(=O)=O. The fourth-order valence-corrected chi connectivity index (χ4v) is 6.43. The van der Waals surface area contributed by atoms with Gasteiger partial charge in [-0.3, -0.25) is 4.79 Å². The van der Waals surface area contributed by atoms with Crippen LogP contribution in [0, 0.1) is 23.7 Å². The molecule has 2 saturated heterocycles. The second kappa shape index (κ2) is 4.94. The van der Waals surface area contributed by atoms with Crippen molar-refractivity contribution in [3.8, 4) is 0 Å². The molecule has 2 aliphatic carbocycles. The Morgan fingerprint density at radius 3 is 2.50 bits per heavy atom. The van der Waals surface area contributed by atoms with Gasteiger partial charge in [0.15, 0.2) is 9.84 Å². The van der Waals surface area contributed by atoms with Gasteiger partial charge in [0.2, 0.25) is 5.91 Å². The molecule has 3 atom stereocenters. The van der Waals surface area contributed by atoms with Crippen LogP contribution in [0.3, 0.4) is 0 Å². The average Bonchev–Trinajstić information content (AvgIpc) is 3.30. The second-order valence-electron chi connectivity index (χ2n) is 7.86. The number of hydrogen-bond donors (Lipinski definition) is 0. The van der Waals surface area contributed by atoms with E-state index in [-0.39, 0.29) is 23.5 Å². The Morgan fingerprint density at radius 2 is 1.91 bits per heavy atom. The first-order valence-electron chi connectivity index (χ1n) is 8.52. The van der Waals surface area contributed by atoms with Gasteiger partial charge in [-0.2, -0.15) is 0 Å². The molecule has 0 unspecified atom stereocenters. The van der Waals surface area contributed by atoms with Gasteiger partial charge in [-0.15, -0.1) is 0 Å². The lowest BCUT2D eigenvalue weighted by Crippen LogP contribution is -2.69. The third kappa shape index (κ3) is 2.30. The van der Waals surface area contributed by atoms with Gasteiger partial charge in [0, 0.05) is 31.5 Å². The number of carbonyl (C=O) groups is 1. The quantitative estimate of drug-likeness (QED) is 0.758. The van der Waals surface area contributed by atoms with Gasteiger partial charge in [0.25, 0.3) is 0 Å². The van der Waals surface area contributed by atoms with Crippen molar-refractivity contribution in [2.45, 2.75) is 37.4 Å². The lowest BCUT2D eigenvalue weighted by atomic mass is 9.83. The highest BCUT2D eigenvalue weighted by Gasteiger charge is 2.63. The van der Waals surface area contributed by atoms with Crippen molar-refractivity contribution in [3.63, 3.8) is 0 Å². The van der Waals surface area contributed by atoms with Gasteiger partial charge >= 0.3 is 0 Å². The number of sulfone groups is 1. The summed E-state index contributed by atoms with van der Waals surface area (Å²) in [6, 6.07) is 0. The molecular weight excluding hydrogens is 302 g/mol. The van der Waals surface area contributed by atoms with Crippen LogP contribution in [0.4, 0.5) is 0 Å². The molecule has 0 aromatic heterocycles. The molecule has 1 spiro atoms. The number of rotatable bonds is 5. The Labute approximate surface area is 132 Å². The molecule has 22 heavy (non-hydrogen) atoms. The van der Waals surface area contributed by atoms with E-state index < -0.39 is 14.6 Å². The Hall–Kier alpha value is -0.620. The van der Waals surface area contributed by atoms with Gasteiger partial charge in [0.05, 0.1) is 12.4 Å². The predicted molar refractivity (Wildman–Crippen MR) is 82.0 cm³/mol. The van der Waals surface area contributed by atoms with Crippen LogP contribution in [0.2, 0.25) is 0 Å². The molecule has 124 valence electrons. The van der Waals surface area contributed by atoms with Gasteiger partial charge in [-0.25, -0.2) is 8.42 Å². The first-order valence-corrected chi connectivity index (χ1v) is 10.2. The van der Waals surface area contributed by atoms with Crippen molar-refractivity contribution >= 4 is 15.7 Å². The zero-order valence-electron chi connectivity index (χ0n) is 13.2. The molecule has 6 heteroatoms. The number of ether oxygens (including phenoxy) is 1. The zero-order valence-corrected chi connectivity index (χ0v) is 14.0. The van der Waals surface area contributed by atoms with Crippen LogP contribution in [0.25, 0.3) is 0 Å². The van der Waals surface area contributed by atoms with Crippen molar-refractivity contribution in [1.82, 2.24) is 4.90 Å². The van der Waals surface area contributed by atoms with E-state index in [1.807, 2.05) is 0 Å². The molecule has 5 nitrogen and oxygen atoms in total. The number of carbonyl (C=O) groups excluding carboxylic acids is 1. The highest BCUT2D eigenvalue weighted by molar-refractivity contribution is 7.93. The summed E-state index contributed by atoms with van der Waals surface area (Å²) in [5, 5.41) is 0. The molecule has 4 rings (SSSR count). The summed E-state index contributed by atoms with van der Waals surface area (Å²) in [7, 11) is -3.09. The molecule has 0 N–H and O–H groups in total. The van der Waals surface area contributed by atoms with Crippen molar-refractivity contribution in [3.05, 3.63) is 0 Å². The molecule has 1 amide bonds. The van der Waals surface area contributed by atoms with Gasteiger partial charge < -0.3 is 9.64 Å². The minimum atomic E-state index is -3.09. The summed E-state index contributed by atoms with van der Waals surface area (Å²) in [4.78, 5) is 14.0. The van der Waals surface area contributed by atoms with Crippen molar-refractivity contribution in [2.24, 2.45) is 23.7 Å². The van der Waals surface area contributed by atoms with Crippen LogP contribution in [-0.4, -0.2) is 56.0 Å². The fraction of sp³-hybridized carbons (Fsp3) is 0.938. The van der Waals surface area contributed by atoms with Gasteiger partial charge in [-0.05, 0) is 37.5 Å². The van der Waals surface area contributed by atoms with E-state index in [1.54, 1.807) is 4.90 Å². The maximum Gasteiger partial charge on any atom is 0.226 e. The highest BCUT2D eigenvalue weighted by Crippen LogP contribution is 2.48. The third-order valence-electron chi connectivity index (χ3n) is 6.12. The van der Waals surface area contributed by atoms with Crippen LogP contribution in [0.5, 0.6) is 0 Å². The zero-order chi connectivity index (χ0) is 15.5. The van der Waals surface area contributed by atoms with E-state index >= 15 is 0 Å². The van der Waals surface area contributed by atoms with Gasteiger partial charge in [-0.1, -0.05) is 6.92 Å². The molecule has 2 heterocycles. The van der Waals surface area contributed by atoms with E-state index in [9.17, 15) is 13.2 Å². The van der Waals surface area contributed by atoms with Crippen molar-refractivity contribution in [2.75, 3.05) is 32.1 Å². The molecule has 0 aromatic carbocycles. The van der Waals surface area contributed by atoms with Crippen LogP contribution in [0.1, 0.15) is 32.6 Å². The summed E-state index contributed by atoms with van der Waals surface area (Å²) < 4.78 is 30.1. The molecule has 0 bridgehead atoms. The number of likely N-dealkylation sites (tertiary alicyclic amines) is 1. The molecule has 0 radical (unpaired) electrons. The molecular formula is C16H25NO4S. The van der Waals surface area contributed by atoms with E-state index in [1.165, 1.54) is 12.8 Å². The third-order valence-corrected chi connectivity index (χ3v) is 8.73. The van der Waals surface area contributed by atoms with E-state index in [2.05, 4.69) is 6.92 Å². The Balaban J connectivity index is 1.39. The smallest absolute Gasteiger partial charge is 0.226 e. The van der Waals surface area contributed by atoms with E-state index in [0.717, 1.165) is 13.0 Å². The summed E-state index contributed by atoms with van der Waals surface area (Å²) >= 11 is 0. The lowest BCUT2D eigenvalue weighted by molar-refractivity contribution is -0.139. The van der Waals surface area contributed by atoms with Crippen LogP contribution < -0.4 is 0 Å². The van der Waals surface area contributed by atoms with E-state index in [4.69, 9.17) is 4.74 Å². The Kier molecular flexibility index (Phi) is 3.35. The topological polar surface area (TPSA) is 63.7 Å². The lowest BCUT2D eigenvalue weighted by Gasteiger charge is -2.50. The summed E-state index contributed by atoms with van der Waals surface area (Å²) in [6.45, 7) is 4.19. The average molecular weight is 327 g/mol. The largest absolute Gasteiger partial charge is 0.381 e. The first-order chi connectivity index (χ1) is 10.4. The highest BCUT2D eigenvalue weighted by atomic mass is 32.2. The van der Waals surface area contributed by atoms with Crippen molar-refractivity contribution in [1.29, 1.82) is 0 Å². The summed E-state index contributed by atoms with van der Waals surface area (Å²) in [6.07, 6.45) is 4.14. The monoisotopic (exact) mass is 327 g/mol. The minimum Gasteiger partial charge on any atom is -0.381 e. The normalized spacial score (nSPS) is 38.0. The standard InChI is InChI=1S/C16H25NO4S/c1-11-6-14(11)15(18)17-9-16(10-17)13(4-5-22(16,19)20)8-21-7-12-2-3-12/h11-14H,2-10H2,1H3/t11-,13+,14+/m1/s1. The van der Waals surface area contributed by atoms with Crippen LogP contribution in [-0.2, 0) is 19.4 Å². The number of nitrogens with zero attached hydrogens (tertiary/aromatic N) is 1. The molecule has 0 aromatic rings. The number of amides is 1. The predicted octanol–water partition coefficient (Wildman–Crippen LogP) is 1.08. The second-order valence-corrected chi connectivity index (χ2v) is 10.3. The van der Waals surface area contributed by atoms with Crippen LogP contribution >= 0.6 is 0 Å². The first kappa shape index (κ1) is 14.9. The van der Waals surface area contributed by atoms with Crippen molar-refractivity contribution < 1.29 is 17.9 Å². The number of hydrogen-bond acceptors (Lipinski definition) is 4. The van der Waals surface area contributed by atoms with Gasteiger partial charge in [0.1, 0.15) is 4.75 Å².